The van der Waals surface area contributed by atoms with Gasteiger partial charge in [0.05, 0.1) is 11.6 Å². The summed E-state index contributed by atoms with van der Waals surface area (Å²) in [5.74, 6) is -0.494. The van der Waals surface area contributed by atoms with Crippen molar-refractivity contribution in [1.82, 2.24) is 4.90 Å². The van der Waals surface area contributed by atoms with Gasteiger partial charge in [0.25, 0.3) is 0 Å². The number of aliphatic hydroxyl groups is 1. The van der Waals surface area contributed by atoms with Crippen LogP contribution in [-0.2, 0) is 0 Å². The van der Waals surface area contributed by atoms with E-state index in [4.69, 9.17) is 9.52 Å². The summed E-state index contributed by atoms with van der Waals surface area (Å²) in [7, 11) is 1.92. The second kappa shape index (κ2) is 5.35. The van der Waals surface area contributed by atoms with Gasteiger partial charge in [0.15, 0.2) is 0 Å². The minimum absolute atomic E-state index is 0.0465. The molecule has 1 aromatic heterocycles. The first-order valence-electron chi connectivity index (χ1n) is 6.67. The predicted molar refractivity (Wildman–Crippen MR) is 70.1 cm³/mol. The van der Waals surface area contributed by atoms with Crippen molar-refractivity contribution in [3.05, 3.63) is 23.7 Å². The molecule has 19 heavy (non-hydrogen) atoms. The summed E-state index contributed by atoms with van der Waals surface area (Å²) in [5, 5.41) is 19.2. The van der Waals surface area contributed by atoms with Crippen LogP contribution >= 0.6 is 0 Å². The molecule has 1 aliphatic rings. The average Bonchev–Trinajstić information content (AvgIpc) is 2.97. The van der Waals surface area contributed by atoms with Gasteiger partial charge in [-0.1, -0.05) is 12.8 Å². The van der Waals surface area contributed by atoms with Crippen LogP contribution in [-0.4, -0.2) is 40.3 Å². The van der Waals surface area contributed by atoms with E-state index >= 15 is 0 Å². The van der Waals surface area contributed by atoms with Gasteiger partial charge in [0.2, 0.25) is 5.76 Å². The molecule has 0 bridgehead atoms. The van der Waals surface area contributed by atoms with Crippen LogP contribution in [0.1, 0.15) is 55.0 Å². The summed E-state index contributed by atoms with van der Waals surface area (Å²) >= 11 is 0. The molecule has 0 saturated heterocycles. The quantitative estimate of drug-likeness (QED) is 0.856. The Hall–Kier alpha value is -1.33. The van der Waals surface area contributed by atoms with Crippen LogP contribution in [0.5, 0.6) is 0 Å². The molecule has 1 atom stereocenters. The molecule has 1 aromatic rings. The fourth-order valence-corrected chi connectivity index (χ4v) is 2.70. The van der Waals surface area contributed by atoms with Gasteiger partial charge in [0.1, 0.15) is 5.76 Å². The van der Waals surface area contributed by atoms with E-state index in [9.17, 15) is 9.90 Å². The fourth-order valence-electron chi connectivity index (χ4n) is 2.70. The Morgan fingerprint density at radius 1 is 1.47 bits per heavy atom. The lowest BCUT2D eigenvalue weighted by Crippen LogP contribution is -2.40. The second-order valence-corrected chi connectivity index (χ2v) is 5.53. The van der Waals surface area contributed by atoms with Gasteiger partial charge in [-0.2, -0.15) is 0 Å². The minimum atomic E-state index is -1.06. The molecule has 1 saturated carbocycles. The average molecular weight is 267 g/mol. The third-order valence-electron chi connectivity index (χ3n) is 3.99. The molecule has 0 aromatic carbocycles. The van der Waals surface area contributed by atoms with Crippen molar-refractivity contribution in [2.45, 2.75) is 44.2 Å². The largest absolute Gasteiger partial charge is 0.475 e. The third-order valence-corrected chi connectivity index (χ3v) is 3.99. The van der Waals surface area contributed by atoms with Crippen LogP contribution < -0.4 is 0 Å². The van der Waals surface area contributed by atoms with Crippen molar-refractivity contribution in [2.24, 2.45) is 0 Å². The monoisotopic (exact) mass is 267 g/mol. The number of rotatable bonds is 5. The van der Waals surface area contributed by atoms with Gasteiger partial charge in [0, 0.05) is 6.54 Å². The number of carboxylic acids is 1. The van der Waals surface area contributed by atoms with Gasteiger partial charge in [-0.05, 0) is 38.9 Å². The second-order valence-electron chi connectivity index (χ2n) is 5.53. The molecule has 106 valence electrons. The molecule has 1 unspecified atom stereocenters. The van der Waals surface area contributed by atoms with E-state index < -0.39 is 11.6 Å². The van der Waals surface area contributed by atoms with Crippen molar-refractivity contribution < 1.29 is 19.4 Å². The Morgan fingerprint density at radius 3 is 2.63 bits per heavy atom. The number of carboxylic acid groups (broad SMARTS) is 1. The van der Waals surface area contributed by atoms with Gasteiger partial charge >= 0.3 is 5.97 Å². The van der Waals surface area contributed by atoms with Crippen molar-refractivity contribution in [3.8, 4) is 0 Å². The Morgan fingerprint density at radius 2 is 2.11 bits per heavy atom. The maximum absolute atomic E-state index is 10.8. The zero-order chi connectivity index (χ0) is 14.0. The molecule has 1 fully saturated rings. The third kappa shape index (κ3) is 3.16. The summed E-state index contributed by atoms with van der Waals surface area (Å²) in [6.45, 7) is 2.53. The molecule has 1 heterocycles. The van der Waals surface area contributed by atoms with Crippen molar-refractivity contribution in [2.75, 3.05) is 13.6 Å². The Labute approximate surface area is 112 Å². The smallest absolute Gasteiger partial charge is 0.371 e. The highest BCUT2D eigenvalue weighted by Crippen LogP contribution is 2.32. The number of nitrogens with zero attached hydrogens (tertiary/aromatic N) is 1. The number of hydrogen-bond acceptors (Lipinski definition) is 4. The van der Waals surface area contributed by atoms with E-state index in [0.29, 0.717) is 12.3 Å². The van der Waals surface area contributed by atoms with E-state index in [1.165, 1.54) is 6.07 Å². The molecule has 2 rings (SSSR count). The maximum atomic E-state index is 10.8. The minimum Gasteiger partial charge on any atom is -0.475 e. The Balaban J connectivity index is 2.01. The first-order chi connectivity index (χ1) is 8.91. The van der Waals surface area contributed by atoms with E-state index in [2.05, 4.69) is 0 Å². The highest BCUT2D eigenvalue weighted by molar-refractivity contribution is 5.84. The zero-order valence-corrected chi connectivity index (χ0v) is 11.4. The molecule has 5 heteroatoms. The van der Waals surface area contributed by atoms with Crippen molar-refractivity contribution in [1.29, 1.82) is 0 Å². The number of likely N-dealkylation sites (N-methyl/N-ethyl adjacent to an activating group) is 1. The van der Waals surface area contributed by atoms with Gasteiger partial charge < -0.3 is 14.6 Å². The summed E-state index contributed by atoms with van der Waals surface area (Å²) in [5.41, 5.74) is -0.606. The lowest BCUT2D eigenvalue weighted by Gasteiger charge is -2.31. The molecule has 0 spiro atoms. The van der Waals surface area contributed by atoms with Crippen molar-refractivity contribution in [3.63, 3.8) is 0 Å². The Bertz CT molecular complexity index is 448. The molecule has 2 N–H and O–H groups in total. The summed E-state index contributed by atoms with van der Waals surface area (Å²) in [4.78, 5) is 12.8. The standard InChI is InChI=1S/C14H21NO4/c1-10(11-5-6-12(19-11)13(16)17)15(2)9-14(18)7-3-4-8-14/h5-6,10,18H,3-4,7-9H2,1-2H3,(H,16,17). The summed E-state index contributed by atoms with van der Waals surface area (Å²) < 4.78 is 5.30. The topological polar surface area (TPSA) is 73.9 Å². The van der Waals surface area contributed by atoms with Crippen LogP contribution in [0.15, 0.2) is 16.5 Å². The van der Waals surface area contributed by atoms with Crippen molar-refractivity contribution >= 4 is 5.97 Å². The highest BCUT2D eigenvalue weighted by Gasteiger charge is 2.33. The maximum Gasteiger partial charge on any atom is 0.371 e. The molecular formula is C14H21NO4. The predicted octanol–water partition coefficient (Wildman–Crippen LogP) is 2.28. The number of aromatic carboxylic acids is 1. The van der Waals surface area contributed by atoms with Crippen LogP contribution in [0, 0.1) is 0 Å². The molecular weight excluding hydrogens is 246 g/mol. The van der Waals surface area contributed by atoms with Gasteiger partial charge in [-0.25, -0.2) is 4.79 Å². The summed E-state index contributed by atoms with van der Waals surface area (Å²) in [6, 6.07) is 3.09. The number of carbonyl (C=O) groups is 1. The van der Waals surface area contributed by atoms with Crippen LogP contribution in [0.4, 0.5) is 0 Å². The van der Waals surface area contributed by atoms with E-state index in [0.717, 1.165) is 25.7 Å². The normalized spacial score (nSPS) is 19.8. The van der Waals surface area contributed by atoms with Gasteiger partial charge in [-0.15, -0.1) is 0 Å². The molecule has 0 radical (unpaired) electrons. The first-order valence-corrected chi connectivity index (χ1v) is 6.67. The van der Waals surface area contributed by atoms with Crippen LogP contribution in [0.25, 0.3) is 0 Å². The molecule has 5 nitrogen and oxygen atoms in total. The number of furan rings is 1. The fraction of sp³-hybridized carbons (Fsp3) is 0.643. The molecule has 1 aliphatic carbocycles. The van der Waals surface area contributed by atoms with E-state index in [-0.39, 0.29) is 11.8 Å². The van der Waals surface area contributed by atoms with Gasteiger partial charge in [-0.3, -0.25) is 4.90 Å². The zero-order valence-electron chi connectivity index (χ0n) is 11.4. The first kappa shape index (κ1) is 14.1. The lowest BCUT2D eigenvalue weighted by atomic mass is 10.0. The van der Waals surface area contributed by atoms with E-state index in [1.54, 1.807) is 6.07 Å². The van der Waals surface area contributed by atoms with Crippen LogP contribution in [0.2, 0.25) is 0 Å². The Kier molecular flexibility index (Phi) is 3.96. The number of hydrogen-bond donors (Lipinski definition) is 2. The van der Waals surface area contributed by atoms with Crippen LogP contribution in [0.3, 0.4) is 0 Å². The van der Waals surface area contributed by atoms with E-state index in [1.807, 2.05) is 18.9 Å². The summed E-state index contributed by atoms with van der Waals surface area (Å²) in [6.07, 6.45) is 3.82. The molecule has 0 aliphatic heterocycles. The highest BCUT2D eigenvalue weighted by atomic mass is 16.4. The SMILES string of the molecule is CC(c1ccc(C(=O)O)o1)N(C)CC1(O)CCCC1. The molecule has 0 amide bonds. The lowest BCUT2D eigenvalue weighted by molar-refractivity contribution is 0.00453.